The molecule has 3 amide bonds. The molecule has 0 spiro atoms. The second-order valence-corrected chi connectivity index (χ2v) is 7.53. The topological polar surface area (TPSA) is 101 Å². The summed E-state index contributed by atoms with van der Waals surface area (Å²) in [5, 5.41) is 3.05. The van der Waals surface area contributed by atoms with Crippen LogP contribution in [0.25, 0.3) is 0 Å². The summed E-state index contributed by atoms with van der Waals surface area (Å²) < 4.78 is 25.5. The highest BCUT2D eigenvalue weighted by Crippen LogP contribution is 2.37. The average Bonchev–Trinajstić information content (AvgIpc) is 3.00. The Balaban J connectivity index is 2.06. The Morgan fingerprint density at radius 2 is 1.87 bits per heavy atom. The van der Waals surface area contributed by atoms with Crippen molar-refractivity contribution >= 4 is 39.0 Å². The van der Waals surface area contributed by atoms with Gasteiger partial charge in [0, 0.05) is 10.8 Å². The number of nitrogens with two attached hydrogens (primary N) is 1. The molecule has 2 heterocycles. The number of primary amides is 1. The fraction of sp³-hybridized carbons (Fsp3) is 0.143. The molecule has 0 bridgehead atoms. The number of carbonyl (C=O) groups is 2. The molecular formula is C14H13N3O4S2. The molecule has 0 radical (unpaired) electrons. The van der Waals surface area contributed by atoms with Crippen molar-refractivity contribution in [2.24, 2.45) is 5.73 Å². The SMILES string of the molecule is NC(=O)CN1C(=O)N(Cc2ccccc2)c2cscc2S1(=O)=O. The molecule has 23 heavy (non-hydrogen) atoms. The molecule has 1 aromatic carbocycles. The minimum atomic E-state index is -4.06. The lowest BCUT2D eigenvalue weighted by Gasteiger charge is -2.34. The molecule has 0 atom stereocenters. The molecule has 0 saturated carbocycles. The van der Waals surface area contributed by atoms with Gasteiger partial charge in [0.2, 0.25) is 5.91 Å². The maximum absolute atomic E-state index is 12.6. The number of benzene rings is 1. The van der Waals surface area contributed by atoms with Crippen LogP contribution < -0.4 is 10.6 Å². The molecule has 0 fully saturated rings. The fourth-order valence-electron chi connectivity index (χ4n) is 2.34. The Morgan fingerprint density at radius 1 is 1.17 bits per heavy atom. The van der Waals surface area contributed by atoms with Crippen LogP contribution in [0.5, 0.6) is 0 Å². The third-order valence-electron chi connectivity index (χ3n) is 3.39. The molecule has 3 rings (SSSR count). The first-order valence-corrected chi connectivity index (χ1v) is 9.02. The predicted molar refractivity (Wildman–Crippen MR) is 85.4 cm³/mol. The standard InChI is InChI=1S/C14H13N3O4S2/c15-13(18)7-17-14(19)16(6-10-4-2-1-3-5-10)11-8-22-9-12(11)23(17,20)21/h1-5,8-9H,6-7H2,(H2,15,18). The number of urea groups is 1. The van der Waals surface area contributed by atoms with Gasteiger partial charge in [0.25, 0.3) is 10.0 Å². The van der Waals surface area contributed by atoms with Gasteiger partial charge in [-0.1, -0.05) is 30.3 Å². The molecule has 1 aromatic heterocycles. The summed E-state index contributed by atoms with van der Waals surface area (Å²) in [4.78, 5) is 25.1. The van der Waals surface area contributed by atoms with Crippen molar-refractivity contribution in [1.29, 1.82) is 0 Å². The van der Waals surface area contributed by atoms with Crippen LogP contribution in [-0.2, 0) is 21.4 Å². The number of hydrogen-bond acceptors (Lipinski definition) is 5. The molecule has 0 unspecified atom stereocenters. The van der Waals surface area contributed by atoms with Crippen molar-refractivity contribution in [1.82, 2.24) is 4.31 Å². The quantitative estimate of drug-likeness (QED) is 0.899. The molecule has 9 heteroatoms. The van der Waals surface area contributed by atoms with Gasteiger partial charge in [-0.25, -0.2) is 17.5 Å². The lowest BCUT2D eigenvalue weighted by molar-refractivity contribution is -0.117. The molecule has 0 aliphatic carbocycles. The minimum Gasteiger partial charge on any atom is -0.368 e. The van der Waals surface area contributed by atoms with Crippen LogP contribution in [0.2, 0.25) is 0 Å². The summed E-state index contributed by atoms with van der Waals surface area (Å²) in [7, 11) is -4.06. The monoisotopic (exact) mass is 351 g/mol. The highest BCUT2D eigenvalue weighted by molar-refractivity contribution is 7.90. The number of carbonyl (C=O) groups excluding carboxylic acids is 2. The molecule has 0 saturated heterocycles. The number of hydrogen-bond donors (Lipinski definition) is 1. The highest BCUT2D eigenvalue weighted by atomic mass is 32.2. The number of thiophene rings is 1. The Hall–Kier alpha value is -2.39. The Kier molecular flexibility index (Phi) is 3.82. The maximum Gasteiger partial charge on any atom is 0.339 e. The van der Waals surface area contributed by atoms with E-state index < -0.39 is 28.5 Å². The van der Waals surface area contributed by atoms with E-state index in [0.717, 1.165) is 5.56 Å². The summed E-state index contributed by atoms with van der Waals surface area (Å²) in [6.45, 7) is -0.476. The third kappa shape index (κ3) is 2.68. The molecule has 120 valence electrons. The van der Waals surface area contributed by atoms with Gasteiger partial charge >= 0.3 is 6.03 Å². The summed E-state index contributed by atoms with van der Waals surface area (Å²) in [5.74, 6) is -0.889. The normalized spacial score (nSPS) is 16.3. The van der Waals surface area contributed by atoms with Gasteiger partial charge in [0.1, 0.15) is 11.4 Å². The van der Waals surface area contributed by atoms with Gasteiger partial charge in [-0.3, -0.25) is 9.69 Å². The average molecular weight is 351 g/mol. The van der Waals surface area contributed by atoms with Gasteiger partial charge in [-0.05, 0) is 5.56 Å². The van der Waals surface area contributed by atoms with Crippen LogP contribution in [0, 0.1) is 0 Å². The lowest BCUT2D eigenvalue weighted by atomic mass is 10.2. The van der Waals surface area contributed by atoms with Gasteiger partial charge in [0.05, 0.1) is 12.2 Å². The first-order chi connectivity index (χ1) is 10.9. The van der Waals surface area contributed by atoms with Crippen LogP contribution in [-0.4, -0.2) is 31.2 Å². The first-order valence-electron chi connectivity index (χ1n) is 6.64. The number of anilines is 1. The van der Waals surface area contributed by atoms with E-state index in [1.54, 1.807) is 5.38 Å². The number of amides is 3. The third-order valence-corrected chi connectivity index (χ3v) is 6.02. The van der Waals surface area contributed by atoms with Gasteiger partial charge < -0.3 is 5.73 Å². The number of fused-ring (bicyclic) bond motifs is 1. The zero-order valence-electron chi connectivity index (χ0n) is 11.9. The van der Waals surface area contributed by atoms with Crippen molar-refractivity contribution in [2.45, 2.75) is 11.4 Å². The van der Waals surface area contributed by atoms with Crippen LogP contribution in [0.15, 0.2) is 46.0 Å². The van der Waals surface area contributed by atoms with Crippen molar-refractivity contribution in [2.75, 3.05) is 11.4 Å². The Labute approximate surface area is 137 Å². The number of rotatable bonds is 4. The van der Waals surface area contributed by atoms with E-state index >= 15 is 0 Å². The van der Waals surface area contributed by atoms with Crippen molar-refractivity contribution in [3.63, 3.8) is 0 Å². The zero-order valence-corrected chi connectivity index (χ0v) is 13.5. The molecule has 2 aromatic rings. The predicted octanol–water partition coefficient (Wildman–Crippen LogP) is 1.36. The van der Waals surface area contributed by atoms with Gasteiger partial charge in [0.15, 0.2) is 0 Å². The summed E-state index contributed by atoms with van der Waals surface area (Å²) >= 11 is 1.18. The van der Waals surface area contributed by atoms with Gasteiger partial charge in [-0.2, -0.15) is 0 Å². The van der Waals surface area contributed by atoms with E-state index in [4.69, 9.17) is 5.73 Å². The van der Waals surface area contributed by atoms with E-state index in [0.29, 0.717) is 9.99 Å². The van der Waals surface area contributed by atoms with E-state index in [9.17, 15) is 18.0 Å². The second kappa shape index (κ2) is 5.67. The number of nitrogens with zero attached hydrogens (tertiary/aromatic N) is 2. The first kappa shape index (κ1) is 15.5. The van der Waals surface area contributed by atoms with Crippen LogP contribution in [0.4, 0.5) is 10.5 Å². The van der Waals surface area contributed by atoms with Crippen LogP contribution in [0.1, 0.15) is 5.56 Å². The van der Waals surface area contributed by atoms with Crippen molar-refractivity contribution < 1.29 is 18.0 Å². The lowest BCUT2D eigenvalue weighted by Crippen LogP contribution is -2.52. The minimum absolute atomic E-state index is 0.0132. The van der Waals surface area contributed by atoms with E-state index in [1.807, 2.05) is 30.3 Å². The molecule has 7 nitrogen and oxygen atoms in total. The Bertz CT molecular complexity index is 861. The van der Waals surface area contributed by atoms with E-state index in [-0.39, 0.29) is 11.4 Å². The summed E-state index contributed by atoms with van der Waals surface area (Å²) in [5.41, 5.74) is 6.25. The zero-order chi connectivity index (χ0) is 16.6. The second-order valence-electron chi connectivity index (χ2n) is 4.95. The highest BCUT2D eigenvalue weighted by Gasteiger charge is 2.42. The molecular weight excluding hydrogens is 338 g/mol. The summed E-state index contributed by atoms with van der Waals surface area (Å²) in [6.07, 6.45) is 0. The largest absolute Gasteiger partial charge is 0.368 e. The molecule has 2 N–H and O–H groups in total. The van der Waals surface area contributed by atoms with Crippen molar-refractivity contribution in [3.05, 3.63) is 46.7 Å². The van der Waals surface area contributed by atoms with Gasteiger partial charge in [-0.15, -0.1) is 11.3 Å². The molecule has 1 aliphatic rings. The van der Waals surface area contributed by atoms with E-state index in [2.05, 4.69) is 0 Å². The van der Waals surface area contributed by atoms with Crippen LogP contribution in [0.3, 0.4) is 0 Å². The Morgan fingerprint density at radius 3 is 2.52 bits per heavy atom. The smallest absolute Gasteiger partial charge is 0.339 e. The maximum atomic E-state index is 12.6. The van der Waals surface area contributed by atoms with E-state index in [1.165, 1.54) is 21.6 Å². The summed E-state index contributed by atoms with van der Waals surface area (Å²) in [6, 6.07) is 8.40. The van der Waals surface area contributed by atoms with Crippen LogP contribution >= 0.6 is 11.3 Å². The molecule has 1 aliphatic heterocycles. The fourth-order valence-corrected chi connectivity index (χ4v) is 5.04. The van der Waals surface area contributed by atoms with Crippen molar-refractivity contribution in [3.8, 4) is 0 Å². The number of sulfonamides is 1.